The molecule has 0 aromatic heterocycles. The monoisotopic (exact) mass is 159 g/mol. The van der Waals surface area contributed by atoms with Crippen LogP contribution in [0.3, 0.4) is 0 Å². The number of nitro groups is 1. The van der Waals surface area contributed by atoms with Crippen LogP contribution >= 0.6 is 0 Å². The molecule has 0 saturated carbocycles. The van der Waals surface area contributed by atoms with Crippen LogP contribution in [-0.2, 0) is 0 Å². The Morgan fingerprint density at radius 2 is 2.45 bits per heavy atom. The highest BCUT2D eigenvalue weighted by atomic mass is 16.7. The molecule has 8 heteroatoms. The molecular weight excluding hydrogens is 154 g/mol. The fourth-order valence-corrected chi connectivity index (χ4v) is 0.715. The number of rotatable bonds is 2. The molecule has 1 heterocycles. The van der Waals surface area contributed by atoms with Crippen molar-refractivity contribution in [3.8, 4) is 0 Å². The molecule has 0 spiro atoms. The first kappa shape index (κ1) is 7.38. The number of hydrogen-bond acceptors (Lipinski definition) is 4. The van der Waals surface area contributed by atoms with Crippen LogP contribution in [0.4, 0.5) is 0 Å². The van der Waals surface area contributed by atoms with E-state index < -0.39 is 5.03 Å². The molecular formula is C3H5N5O3. The van der Waals surface area contributed by atoms with Gasteiger partial charge in [-0.2, -0.15) is 5.01 Å². The predicted molar refractivity (Wildman–Crippen MR) is 34.9 cm³/mol. The highest BCUT2D eigenvalue weighted by Crippen LogP contribution is 1.96. The third kappa shape index (κ3) is 1.60. The molecule has 1 N–H and O–H groups in total. The summed E-state index contributed by atoms with van der Waals surface area (Å²) >= 11 is 0. The number of hydrazone groups is 1. The minimum Gasteiger partial charge on any atom is -0.348 e. The molecule has 0 aliphatic carbocycles. The third-order valence-electron chi connectivity index (χ3n) is 1.13. The first-order chi connectivity index (χ1) is 5.24. The van der Waals surface area contributed by atoms with Gasteiger partial charge in [-0.1, -0.05) is 0 Å². The van der Waals surface area contributed by atoms with E-state index in [1.807, 2.05) is 0 Å². The van der Waals surface area contributed by atoms with Crippen LogP contribution < -0.4 is 5.32 Å². The van der Waals surface area contributed by atoms with Gasteiger partial charge in [0.25, 0.3) is 5.96 Å². The first-order valence-corrected chi connectivity index (χ1v) is 2.81. The average Bonchev–Trinajstić information content (AvgIpc) is 2.34. The lowest BCUT2D eigenvalue weighted by Crippen LogP contribution is -2.26. The Bertz CT molecular complexity index is 213. The second-order valence-corrected chi connectivity index (χ2v) is 1.79. The SMILES string of the molecule is O=NN1CCN/C1=N\[N+](=O)[O-]. The lowest BCUT2D eigenvalue weighted by molar-refractivity contribution is -0.485. The van der Waals surface area contributed by atoms with Crippen LogP contribution in [0.25, 0.3) is 0 Å². The highest BCUT2D eigenvalue weighted by Gasteiger charge is 2.21. The third-order valence-corrected chi connectivity index (χ3v) is 1.13. The number of nitroso groups, excluding NO2 is 1. The van der Waals surface area contributed by atoms with E-state index in [4.69, 9.17) is 0 Å². The van der Waals surface area contributed by atoms with Gasteiger partial charge in [-0.25, -0.2) is 10.1 Å². The molecule has 0 radical (unpaired) electrons. The smallest absolute Gasteiger partial charge is 0.294 e. The van der Waals surface area contributed by atoms with Gasteiger partial charge in [-0.3, -0.25) is 0 Å². The minimum absolute atomic E-state index is 0.106. The summed E-state index contributed by atoms with van der Waals surface area (Å²) in [6.07, 6.45) is 0. The van der Waals surface area contributed by atoms with E-state index in [0.717, 1.165) is 5.01 Å². The maximum Gasteiger partial charge on any atom is 0.294 e. The Labute approximate surface area is 61.0 Å². The molecule has 1 rings (SSSR count). The van der Waals surface area contributed by atoms with Gasteiger partial charge in [0, 0.05) is 6.54 Å². The normalized spacial score (nSPS) is 20.0. The second kappa shape index (κ2) is 2.90. The van der Waals surface area contributed by atoms with E-state index in [-0.39, 0.29) is 5.96 Å². The average molecular weight is 159 g/mol. The van der Waals surface area contributed by atoms with Gasteiger partial charge in [0.15, 0.2) is 5.03 Å². The van der Waals surface area contributed by atoms with E-state index in [0.29, 0.717) is 13.1 Å². The molecule has 1 aliphatic heterocycles. The van der Waals surface area contributed by atoms with Crippen molar-refractivity contribution in [3.63, 3.8) is 0 Å². The van der Waals surface area contributed by atoms with Gasteiger partial charge >= 0.3 is 0 Å². The van der Waals surface area contributed by atoms with Crippen LogP contribution in [0.1, 0.15) is 0 Å². The summed E-state index contributed by atoms with van der Waals surface area (Å²) in [5.41, 5.74) is 0. The molecule has 0 amide bonds. The predicted octanol–water partition coefficient (Wildman–Crippen LogP) is -0.879. The summed E-state index contributed by atoms with van der Waals surface area (Å²) in [4.78, 5) is 19.8. The zero-order chi connectivity index (χ0) is 8.27. The van der Waals surface area contributed by atoms with E-state index in [9.17, 15) is 15.0 Å². The quantitative estimate of drug-likeness (QED) is 0.320. The van der Waals surface area contributed by atoms with Crippen molar-refractivity contribution in [2.45, 2.75) is 0 Å². The maximum absolute atomic E-state index is 9.93. The van der Waals surface area contributed by atoms with Crippen LogP contribution in [0.2, 0.25) is 0 Å². The van der Waals surface area contributed by atoms with Crippen LogP contribution in [0, 0.1) is 15.0 Å². The molecule has 60 valence electrons. The van der Waals surface area contributed by atoms with E-state index in [1.54, 1.807) is 0 Å². The summed E-state index contributed by atoms with van der Waals surface area (Å²) in [7, 11) is 0. The number of nitrogens with zero attached hydrogens (tertiary/aromatic N) is 4. The Morgan fingerprint density at radius 1 is 1.73 bits per heavy atom. The molecule has 0 bridgehead atoms. The van der Waals surface area contributed by atoms with E-state index >= 15 is 0 Å². The molecule has 0 aromatic carbocycles. The Morgan fingerprint density at radius 3 is 3.00 bits per heavy atom. The molecule has 8 nitrogen and oxygen atoms in total. The van der Waals surface area contributed by atoms with Crippen molar-refractivity contribution in [2.75, 3.05) is 13.1 Å². The Balaban J connectivity index is 2.70. The Kier molecular flexibility index (Phi) is 1.95. The summed E-state index contributed by atoms with van der Waals surface area (Å²) in [6.45, 7) is 0.759. The Hall–Kier alpha value is -1.73. The molecule has 1 aliphatic rings. The molecule has 0 aromatic rings. The van der Waals surface area contributed by atoms with Gasteiger partial charge < -0.3 is 5.32 Å². The standard InChI is InChI=1S/C3H5N5O3/c9-6-7-2-1-4-3(7)5-8(10)11/h1-2H2,(H,4,5). The second-order valence-electron chi connectivity index (χ2n) is 1.79. The van der Waals surface area contributed by atoms with Gasteiger partial charge in [0.05, 0.1) is 11.8 Å². The van der Waals surface area contributed by atoms with E-state index in [1.165, 1.54) is 0 Å². The van der Waals surface area contributed by atoms with Crippen LogP contribution in [0.15, 0.2) is 10.4 Å². The zero-order valence-corrected chi connectivity index (χ0v) is 5.43. The molecule has 0 atom stereocenters. The largest absolute Gasteiger partial charge is 0.348 e. The zero-order valence-electron chi connectivity index (χ0n) is 5.43. The number of nitrogens with one attached hydrogen (secondary N) is 1. The van der Waals surface area contributed by atoms with Crippen molar-refractivity contribution in [3.05, 3.63) is 15.0 Å². The summed E-state index contributed by atoms with van der Waals surface area (Å²) in [6, 6.07) is 0. The first-order valence-electron chi connectivity index (χ1n) is 2.81. The maximum atomic E-state index is 9.93. The highest BCUT2D eigenvalue weighted by molar-refractivity contribution is 5.80. The summed E-state index contributed by atoms with van der Waals surface area (Å²) in [5.74, 6) is -0.106. The summed E-state index contributed by atoms with van der Waals surface area (Å²) in [5, 5.41) is 17.8. The minimum atomic E-state index is -0.883. The number of guanidine groups is 1. The lowest BCUT2D eigenvalue weighted by Gasteiger charge is -1.99. The van der Waals surface area contributed by atoms with Gasteiger partial charge in [0.2, 0.25) is 0 Å². The topological polar surface area (TPSA) is 100 Å². The molecule has 0 unspecified atom stereocenters. The van der Waals surface area contributed by atoms with Gasteiger partial charge in [0.1, 0.15) is 5.10 Å². The fraction of sp³-hybridized carbons (Fsp3) is 0.667. The molecule has 1 saturated heterocycles. The lowest BCUT2D eigenvalue weighted by atomic mass is 10.7. The molecule has 11 heavy (non-hydrogen) atoms. The van der Waals surface area contributed by atoms with Gasteiger partial charge in [-0.05, 0) is 0 Å². The van der Waals surface area contributed by atoms with Crippen molar-refractivity contribution in [1.82, 2.24) is 10.3 Å². The van der Waals surface area contributed by atoms with Crippen LogP contribution in [-0.4, -0.2) is 29.1 Å². The van der Waals surface area contributed by atoms with Crippen molar-refractivity contribution in [1.29, 1.82) is 0 Å². The van der Waals surface area contributed by atoms with Crippen molar-refractivity contribution in [2.24, 2.45) is 10.4 Å². The number of hydrogen-bond donors (Lipinski definition) is 1. The summed E-state index contributed by atoms with van der Waals surface area (Å²) < 4.78 is 0. The van der Waals surface area contributed by atoms with Crippen LogP contribution in [0.5, 0.6) is 0 Å². The van der Waals surface area contributed by atoms with Gasteiger partial charge in [-0.15, -0.1) is 4.91 Å². The van der Waals surface area contributed by atoms with Crippen molar-refractivity contribution >= 4 is 5.96 Å². The fourth-order valence-electron chi connectivity index (χ4n) is 0.715. The molecule has 1 fully saturated rings. The van der Waals surface area contributed by atoms with E-state index in [2.05, 4.69) is 15.7 Å². The van der Waals surface area contributed by atoms with Crippen molar-refractivity contribution < 1.29 is 5.03 Å².